The molecule has 2 aromatic carbocycles. The quantitative estimate of drug-likeness (QED) is 0.414. The summed E-state index contributed by atoms with van der Waals surface area (Å²) in [5.74, 6) is -0.122. The zero-order chi connectivity index (χ0) is 27.0. The average molecular weight is 559 g/mol. The van der Waals surface area contributed by atoms with Gasteiger partial charge in [0.15, 0.2) is 0 Å². The molecule has 2 rings (SSSR count). The smallest absolute Gasteiger partial charge is 0.242 e. The van der Waals surface area contributed by atoms with Gasteiger partial charge in [0.25, 0.3) is 0 Å². The minimum absolute atomic E-state index is 0.0375. The Bertz CT molecular complexity index is 1170. The number of anilines is 1. The summed E-state index contributed by atoms with van der Waals surface area (Å²) in [6.07, 6.45) is 1.37. The number of methoxy groups -OCH3 is 1. The fourth-order valence-corrected chi connectivity index (χ4v) is 5.06. The highest BCUT2D eigenvalue weighted by Gasteiger charge is 2.27. The molecule has 198 valence electrons. The van der Waals surface area contributed by atoms with Crippen molar-refractivity contribution in [3.05, 3.63) is 58.1 Å². The van der Waals surface area contributed by atoms with Crippen molar-refractivity contribution in [3.8, 4) is 5.75 Å². The van der Waals surface area contributed by atoms with Crippen molar-refractivity contribution in [2.24, 2.45) is 0 Å². The van der Waals surface area contributed by atoms with Crippen molar-refractivity contribution in [2.45, 2.75) is 52.2 Å². The molecule has 0 bridgehead atoms. The number of amides is 2. The Kier molecular flexibility index (Phi) is 10.9. The van der Waals surface area contributed by atoms with Crippen LogP contribution in [0.15, 0.2) is 42.5 Å². The van der Waals surface area contributed by atoms with Gasteiger partial charge in [0, 0.05) is 30.6 Å². The van der Waals surface area contributed by atoms with Gasteiger partial charge in [0.1, 0.15) is 11.8 Å². The van der Waals surface area contributed by atoms with E-state index in [9.17, 15) is 18.0 Å². The van der Waals surface area contributed by atoms with E-state index in [0.29, 0.717) is 16.5 Å². The lowest BCUT2D eigenvalue weighted by Crippen LogP contribution is -2.49. The first kappa shape index (κ1) is 29.7. The standard InChI is InChI=1S/C25H33Cl2N3O5S/c1-17(2)28-25(32)18(3)29(16-19-8-6-9-20(26)14-19)24(31)10-7-13-30(36(5,33)34)21-11-12-23(35-4)22(27)15-21/h6,8-9,11-12,14-15,17-18H,7,10,13,16H2,1-5H3,(H,28,32)/t18-/m0/s1. The fraction of sp³-hybridized carbons (Fsp3) is 0.440. The van der Waals surface area contributed by atoms with Gasteiger partial charge in [-0.25, -0.2) is 8.42 Å². The number of ether oxygens (including phenoxy) is 1. The summed E-state index contributed by atoms with van der Waals surface area (Å²) < 4.78 is 31.3. The summed E-state index contributed by atoms with van der Waals surface area (Å²) in [5.41, 5.74) is 1.15. The molecule has 0 saturated carbocycles. The molecule has 2 aromatic rings. The van der Waals surface area contributed by atoms with Gasteiger partial charge in [0.2, 0.25) is 21.8 Å². The normalized spacial score (nSPS) is 12.2. The van der Waals surface area contributed by atoms with Crippen LogP contribution >= 0.6 is 23.2 Å². The summed E-state index contributed by atoms with van der Waals surface area (Å²) in [4.78, 5) is 27.5. The van der Waals surface area contributed by atoms with Crippen molar-refractivity contribution in [3.63, 3.8) is 0 Å². The topological polar surface area (TPSA) is 96.0 Å². The highest BCUT2D eigenvalue weighted by molar-refractivity contribution is 7.92. The van der Waals surface area contributed by atoms with Gasteiger partial charge in [0.05, 0.1) is 24.1 Å². The van der Waals surface area contributed by atoms with Crippen LogP contribution in [0.1, 0.15) is 39.2 Å². The van der Waals surface area contributed by atoms with Crippen LogP contribution in [0.2, 0.25) is 10.0 Å². The van der Waals surface area contributed by atoms with Crippen LogP contribution in [0.3, 0.4) is 0 Å². The summed E-state index contributed by atoms with van der Waals surface area (Å²) in [6.45, 7) is 5.61. The van der Waals surface area contributed by atoms with Crippen LogP contribution < -0.4 is 14.4 Å². The lowest BCUT2D eigenvalue weighted by Gasteiger charge is -2.30. The third-order valence-electron chi connectivity index (χ3n) is 5.42. The van der Waals surface area contributed by atoms with E-state index in [1.54, 1.807) is 37.3 Å². The summed E-state index contributed by atoms with van der Waals surface area (Å²) in [5, 5.41) is 3.64. The largest absolute Gasteiger partial charge is 0.495 e. The predicted octanol–water partition coefficient (Wildman–Crippen LogP) is 4.49. The third kappa shape index (κ3) is 8.57. The van der Waals surface area contributed by atoms with Crippen molar-refractivity contribution in [1.82, 2.24) is 10.2 Å². The lowest BCUT2D eigenvalue weighted by atomic mass is 10.1. The maximum atomic E-state index is 13.3. The number of carbonyl (C=O) groups excluding carboxylic acids is 2. The lowest BCUT2D eigenvalue weighted by molar-refractivity contribution is -0.140. The molecule has 8 nitrogen and oxygen atoms in total. The Morgan fingerprint density at radius 2 is 1.78 bits per heavy atom. The molecule has 1 N–H and O–H groups in total. The number of rotatable bonds is 12. The maximum absolute atomic E-state index is 13.3. The second-order valence-electron chi connectivity index (χ2n) is 8.75. The molecule has 0 saturated heterocycles. The van der Waals surface area contributed by atoms with Crippen LogP contribution in [-0.2, 0) is 26.2 Å². The first-order valence-corrected chi connectivity index (χ1v) is 14.1. The number of nitrogens with one attached hydrogen (secondary N) is 1. The molecule has 0 aliphatic carbocycles. The van der Waals surface area contributed by atoms with Crippen LogP contribution in [-0.4, -0.2) is 57.1 Å². The maximum Gasteiger partial charge on any atom is 0.242 e. The average Bonchev–Trinajstić information content (AvgIpc) is 2.78. The second-order valence-corrected chi connectivity index (χ2v) is 11.5. The monoisotopic (exact) mass is 557 g/mol. The molecule has 2 amide bonds. The Balaban J connectivity index is 2.19. The van der Waals surface area contributed by atoms with E-state index in [0.717, 1.165) is 11.8 Å². The molecule has 0 spiro atoms. The van der Waals surface area contributed by atoms with Crippen LogP contribution in [0.25, 0.3) is 0 Å². The zero-order valence-electron chi connectivity index (χ0n) is 21.1. The number of nitrogens with zero attached hydrogens (tertiary/aromatic N) is 2. The highest BCUT2D eigenvalue weighted by Crippen LogP contribution is 2.30. The molecule has 36 heavy (non-hydrogen) atoms. The number of hydrogen-bond acceptors (Lipinski definition) is 5. The van der Waals surface area contributed by atoms with Gasteiger partial charge < -0.3 is 15.0 Å². The minimum Gasteiger partial charge on any atom is -0.495 e. The second kappa shape index (κ2) is 13.2. The van der Waals surface area contributed by atoms with E-state index < -0.39 is 16.1 Å². The molecule has 0 fully saturated rings. The Morgan fingerprint density at radius 3 is 2.33 bits per heavy atom. The number of carbonyl (C=O) groups is 2. The summed E-state index contributed by atoms with van der Waals surface area (Å²) in [7, 11) is -2.17. The molecular formula is C25H33Cl2N3O5S. The first-order chi connectivity index (χ1) is 16.8. The molecule has 11 heteroatoms. The Labute approximate surface area is 223 Å². The minimum atomic E-state index is -3.64. The Morgan fingerprint density at radius 1 is 1.08 bits per heavy atom. The van der Waals surface area contributed by atoms with E-state index in [-0.39, 0.29) is 48.8 Å². The zero-order valence-corrected chi connectivity index (χ0v) is 23.5. The predicted molar refractivity (Wildman–Crippen MR) is 144 cm³/mol. The van der Waals surface area contributed by atoms with Crippen molar-refractivity contribution in [1.29, 1.82) is 0 Å². The molecular weight excluding hydrogens is 525 g/mol. The number of sulfonamides is 1. The van der Waals surface area contributed by atoms with E-state index in [1.165, 1.54) is 22.4 Å². The van der Waals surface area contributed by atoms with Gasteiger partial charge in [-0.05, 0) is 63.1 Å². The molecule has 0 heterocycles. The Hall–Kier alpha value is -2.49. The van der Waals surface area contributed by atoms with Crippen molar-refractivity contribution in [2.75, 3.05) is 24.2 Å². The number of halogens is 2. The van der Waals surface area contributed by atoms with Crippen LogP contribution in [0.5, 0.6) is 5.75 Å². The molecule has 0 radical (unpaired) electrons. The molecule has 1 atom stereocenters. The van der Waals surface area contributed by atoms with Crippen molar-refractivity contribution >= 4 is 50.7 Å². The number of benzene rings is 2. The van der Waals surface area contributed by atoms with Crippen LogP contribution in [0.4, 0.5) is 5.69 Å². The molecule has 0 aliphatic rings. The van der Waals surface area contributed by atoms with E-state index in [2.05, 4.69) is 5.32 Å². The van der Waals surface area contributed by atoms with Crippen LogP contribution in [0, 0.1) is 0 Å². The molecule has 0 aliphatic heterocycles. The fourth-order valence-electron chi connectivity index (χ4n) is 3.63. The van der Waals surface area contributed by atoms with E-state index in [4.69, 9.17) is 27.9 Å². The van der Waals surface area contributed by atoms with Gasteiger partial charge in [-0.15, -0.1) is 0 Å². The van der Waals surface area contributed by atoms with Gasteiger partial charge >= 0.3 is 0 Å². The SMILES string of the molecule is COc1ccc(N(CCCC(=O)N(Cc2cccc(Cl)c2)[C@@H](C)C(=O)NC(C)C)S(C)(=O)=O)cc1Cl. The van der Waals surface area contributed by atoms with E-state index in [1.807, 2.05) is 19.9 Å². The van der Waals surface area contributed by atoms with Gasteiger partial charge in [-0.3, -0.25) is 13.9 Å². The first-order valence-electron chi connectivity index (χ1n) is 11.5. The summed E-state index contributed by atoms with van der Waals surface area (Å²) >= 11 is 12.3. The molecule has 0 aromatic heterocycles. The highest BCUT2D eigenvalue weighted by atomic mass is 35.5. The number of hydrogen-bond donors (Lipinski definition) is 1. The molecule has 0 unspecified atom stereocenters. The van der Waals surface area contributed by atoms with Crippen molar-refractivity contribution < 1.29 is 22.7 Å². The van der Waals surface area contributed by atoms with Gasteiger partial charge in [-0.1, -0.05) is 35.3 Å². The third-order valence-corrected chi connectivity index (χ3v) is 7.14. The summed E-state index contributed by atoms with van der Waals surface area (Å²) in [6, 6.07) is 11.0. The van der Waals surface area contributed by atoms with E-state index >= 15 is 0 Å². The van der Waals surface area contributed by atoms with Gasteiger partial charge in [-0.2, -0.15) is 0 Å².